The minimum Gasteiger partial charge on any atom is -0.492 e. The lowest BCUT2D eigenvalue weighted by Crippen LogP contribution is -2.37. The summed E-state index contributed by atoms with van der Waals surface area (Å²) >= 11 is 0. The molecule has 2 rings (SSSR count). The van der Waals surface area contributed by atoms with E-state index in [1.165, 1.54) is 12.1 Å². The number of hydrogen-bond donors (Lipinski definition) is 2. The number of hydrogen-bond acceptors (Lipinski definition) is 4. The van der Waals surface area contributed by atoms with Gasteiger partial charge in [-0.1, -0.05) is 0 Å². The Morgan fingerprint density at radius 1 is 1.38 bits per heavy atom. The molecule has 114 valence electrons. The van der Waals surface area contributed by atoms with Gasteiger partial charge in [-0.2, -0.15) is 0 Å². The second-order valence-electron chi connectivity index (χ2n) is 5.63. The Hall–Kier alpha value is -2.08. The Bertz CT molecular complexity index is 529. The summed E-state index contributed by atoms with van der Waals surface area (Å²) < 4.78 is 5.58. The van der Waals surface area contributed by atoms with Gasteiger partial charge in [-0.15, -0.1) is 0 Å². The molecule has 0 bridgehead atoms. The topological polar surface area (TPSA) is 92.9 Å². The van der Waals surface area contributed by atoms with Crippen molar-refractivity contribution < 1.29 is 19.4 Å². The van der Waals surface area contributed by atoms with Crippen LogP contribution in [0.2, 0.25) is 0 Å². The van der Waals surface area contributed by atoms with Gasteiger partial charge in [0.1, 0.15) is 12.4 Å². The molecule has 1 heterocycles. The summed E-state index contributed by atoms with van der Waals surface area (Å²) in [6.45, 7) is 4.58. The van der Waals surface area contributed by atoms with Gasteiger partial charge in [0, 0.05) is 13.1 Å². The fourth-order valence-electron chi connectivity index (χ4n) is 2.43. The first kappa shape index (κ1) is 15.3. The molecule has 1 aliphatic heterocycles. The van der Waals surface area contributed by atoms with Gasteiger partial charge in [0.25, 0.3) is 0 Å². The molecule has 0 aliphatic carbocycles. The van der Waals surface area contributed by atoms with Crippen LogP contribution in [0.1, 0.15) is 23.7 Å². The van der Waals surface area contributed by atoms with E-state index in [0.29, 0.717) is 25.4 Å². The molecular formula is C15H20N2O4. The number of primary amides is 1. The van der Waals surface area contributed by atoms with Gasteiger partial charge in [0.2, 0.25) is 5.91 Å². The molecule has 6 heteroatoms. The normalized spacial score (nSPS) is 22.1. The highest BCUT2D eigenvalue weighted by molar-refractivity contribution is 5.87. The van der Waals surface area contributed by atoms with Crippen LogP contribution in [0.4, 0.5) is 0 Å². The molecule has 1 unspecified atom stereocenters. The fraction of sp³-hybridized carbons (Fsp3) is 0.467. The maximum Gasteiger partial charge on any atom is 0.335 e. The molecule has 6 nitrogen and oxygen atoms in total. The van der Waals surface area contributed by atoms with Crippen molar-refractivity contribution in [2.45, 2.75) is 13.3 Å². The first-order valence-electron chi connectivity index (χ1n) is 6.89. The number of nitrogens with two attached hydrogens (primary N) is 1. The van der Waals surface area contributed by atoms with E-state index in [1.807, 2.05) is 6.92 Å². The Kier molecular flexibility index (Phi) is 4.47. The number of nitrogens with zero attached hydrogens (tertiary/aromatic N) is 1. The van der Waals surface area contributed by atoms with Gasteiger partial charge in [-0.25, -0.2) is 4.79 Å². The second-order valence-corrected chi connectivity index (χ2v) is 5.63. The van der Waals surface area contributed by atoms with Gasteiger partial charge in [-0.3, -0.25) is 9.69 Å². The van der Waals surface area contributed by atoms with Gasteiger partial charge in [0.05, 0.1) is 11.0 Å². The quantitative estimate of drug-likeness (QED) is 0.814. The van der Waals surface area contributed by atoms with Gasteiger partial charge in [0.15, 0.2) is 0 Å². The van der Waals surface area contributed by atoms with Gasteiger partial charge >= 0.3 is 5.97 Å². The highest BCUT2D eigenvalue weighted by Crippen LogP contribution is 2.29. The van der Waals surface area contributed by atoms with E-state index in [-0.39, 0.29) is 11.5 Å². The van der Waals surface area contributed by atoms with Crippen LogP contribution in [0.25, 0.3) is 0 Å². The van der Waals surface area contributed by atoms with Crippen molar-refractivity contribution in [3.63, 3.8) is 0 Å². The van der Waals surface area contributed by atoms with E-state index in [1.54, 1.807) is 12.1 Å². The molecule has 0 saturated carbocycles. The first-order chi connectivity index (χ1) is 9.90. The third-order valence-corrected chi connectivity index (χ3v) is 3.92. The second kappa shape index (κ2) is 6.13. The van der Waals surface area contributed by atoms with Crippen molar-refractivity contribution in [1.82, 2.24) is 4.90 Å². The highest BCUT2D eigenvalue weighted by atomic mass is 16.5. The minimum absolute atomic E-state index is 0.235. The van der Waals surface area contributed by atoms with E-state index in [2.05, 4.69) is 4.90 Å². The van der Waals surface area contributed by atoms with Crippen LogP contribution in [-0.4, -0.2) is 48.1 Å². The number of ether oxygens (including phenoxy) is 1. The maximum atomic E-state index is 11.4. The summed E-state index contributed by atoms with van der Waals surface area (Å²) in [5, 5.41) is 8.80. The molecule has 1 aliphatic rings. The number of likely N-dealkylation sites (tertiary alicyclic amines) is 1. The molecule has 1 atom stereocenters. The summed E-state index contributed by atoms with van der Waals surface area (Å²) in [6.07, 6.45) is 0.773. The monoisotopic (exact) mass is 292 g/mol. The van der Waals surface area contributed by atoms with Crippen LogP contribution >= 0.6 is 0 Å². The Labute approximate surface area is 123 Å². The molecule has 3 N–H and O–H groups in total. The zero-order chi connectivity index (χ0) is 15.5. The lowest BCUT2D eigenvalue weighted by molar-refractivity contribution is -0.126. The predicted molar refractivity (Wildman–Crippen MR) is 77.3 cm³/mol. The summed E-state index contributed by atoms with van der Waals surface area (Å²) in [6, 6.07) is 6.30. The number of carbonyl (C=O) groups is 2. The molecule has 1 aromatic rings. The van der Waals surface area contributed by atoms with Crippen molar-refractivity contribution in [3.05, 3.63) is 29.8 Å². The summed E-state index contributed by atoms with van der Waals surface area (Å²) in [4.78, 5) is 24.2. The number of carboxylic acids is 1. The Morgan fingerprint density at radius 3 is 2.57 bits per heavy atom. The SMILES string of the molecule is CC1(C(N)=O)CCN(CCOc2ccc(C(=O)O)cc2)C1. The van der Waals surface area contributed by atoms with Gasteiger partial charge < -0.3 is 15.6 Å². The van der Waals surface area contributed by atoms with Crippen molar-refractivity contribution in [3.8, 4) is 5.75 Å². The average Bonchev–Trinajstić information content (AvgIpc) is 2.82. The molecule has 1 fully saturated rings. The summed E-state index contributed by atoms with van der Waals surface area (Å²) in [7, 11) is 0. The lowest BCUT2D eigenvalue weighted by atomic mass is 9.89. The number of carbonyl (C=O) groups excluding carboxylic acids is 1. The molecule has 1 saturated heterocycles. The Balaban J connectivity index is 1.78. The minimum atomic E-state index is -0.954. The van der Waals surface area contributed by atoms with Crippen LogP contribution in [0.15, 0.2) is 24.3 Å². The van der Waals surface area contributed by atoms with E-state index in [0.717, 1.165) is 13.0 Å². The lowest BCUT2D eigenvalue weighted by Gasteiger charge is -2.21. The average molecular weight is 292 g/mol. The van der Waals surface area contributed by atoms with E-state index in [4.69, 9.17) is 15.6 Å². The predicted octanol–water partition coefficient (Wildman–Crippen LogP) is 0.961. The van der Waals surface area contributed by atoms with Crippen LogP contribution in [0, 0.1) is 5.41 Å². The smallest absolute Gasteiger partial charge is 0.335 e. The van der Waals surface area contributed by atoms with Crippen molar-refractivity contribution in [2.24, 2.45) is 11.1 Å². The summed E-state index contributed by atoms with van der Waals surface area (Å²) in [5.74, 6) is -0.573. The summed E-state index contributed by atoms with van der Waals surface area (Å²) in [5.41, 5.74) is 5.20. The molecule has 0 spiro atoms. The van der Waals surface area contributed by atoms with Gasteiger partial charge in [-0.05, 0) is 44.2 Å². The van der Waals surface area contributed by atoms with Crippen LogP contribution in [0.3, 0.4) is 0 Å². The van der Waals surface area contributed by atoms with Crippen LogP contribution < -0.4 is 10.5 Å². The van der Waals surface area contributed by atoms with E-state index in [9.17, 15) is 9.59 Å². The largest absolute Gasteiger partial charge is 0.492 e. The van der Waals surface area contributed by atoms with Crippen molar-refractivity contribution in [1.29, 1.82) is 0 Å². The van der Waals surface area contributed by atoms with E-state index < -0.39 is 11.4 Å². The molecular weight excluding hydrogens is 272 g/mol. The number of benzene rings is 1. The number of amides is 1. The highest BCUT2D eigenvalue weighted by Gasteiger charge is 2.38. The molecule has 0 radical (unpaired) electrons. The molecule has 0 aromatic heterocycles. The molecule has 1 aromatic carbocycles. The standard InChI is InChI=1S/C15H20N2O4/c1-15(14(16)20)6-7-17(10-15)8-9-21-12-4-2-11(3-5-12)13(18)19/h2-5H,6-10H2,1H3,(H2,16,20)(H,18,19). The van der Waals surface area contributed by atoms with Crippen LogP contribution in [-0.2, 0) is 4.79 Å². The van der Waals surface area contributed by atoms with Crippen LogP contribution in [0.5, 0.6) is 5.75 Å². The van der Waals surface area contributed by atoms with Crippen molar-refractivity contribution >= 4 is 11.9 Å². The maximum absolute atomic E-state index is 11.4. The number of aromatic carboxylic acids is 1. The zero-order valence-electron chi connectivity index (χ0n) is 12.0. The third-order valence-electron chi connectivity index (χ3n) is 3.92. The molecule has 1 amide bonds. The van der Waals surface area contributed by atoms with Crippen molar-refractivity contribution in [2.75, 3.05) is 26.2 Å². The van der Waals surface area contributed by atoms with E-state index >= 15 is 0 Å². The zero-order valence-corrected chi connectivity index (χ0v) is 12.0. The number of rotatable bonds is 6. The third kappa shape index (κ3) is 3.72. The molecule has 21 heavy (non-hydrogen) atoms. The first-order valence-corrected chi connectivity index (χ1v) is 6.89. The number of carboxylic acid groups (broad SMARTS) is 1. The Morgan fingerprint density at radius 2 is 2.05 bits per heavy atom. The fourth-order valence-corrected chi connectivity index (χ4v) is 2.43.